The van der Waals surface area contributed by atoms with Crippen molar-refractivity contribution < 1.29 is 19.4 Å². The number of anilines is 1. The van der Waals surface area contributed by atoms with Crippen LogP contribution >= 0.6 is 0 Å². The molecule has 1 N–H and O–H groups in total. The van der Waals surface area contributed by atoms with Crippen molar-refractivity contribution in [1.29, 1.82) is 0 Å². The monoisotopic (exact) mass is 265 g/mol. The van der Waals surface area contributed by atoms with E-state index in [0.29, 0.717) is 31.7 Å². The van der Waals surface area contributed by atoms with E-state index in [1.54, 1.807) is 6.07 Å². The van der Waals surface area contributed by atoms with E-state index in [2.05, 4.69) is 14.7 Å². The first-order valence-corrected chi connectivity index (χ1v) is 6.00. The third-order valence-corrected chi connectivity index (χ3v) is 3.22. The van der Waals surface area contributed by atoms with Gasteiger partial charge in [0.05, 0.1) is 13.0 Å². The minimum atomic E-state index is -0.752. The number of aliphatic carboxylic acids is 1. The standard InChI is InChI=1S/C12H15N3O4/c1-19-12(18)9-6-10(14-7-13-9)15-4-2-8(3-5-15)11(16)17/h6-8H,2-5H2,1H3,(H,16,17). The third kappa shape index (κ3) is 2.98. The lowest BCUT2D eigenvalue weighted by molar-refractivity contribution is -0.142. The van der Waals surface area contributed by atoms with Crippen LogP contribution in [0.2, 0.25) is 0 Å². The summed E-state index contributed by atoms with van der Waals surface area (Å²) in [6, 6.07) is 1.56. The number of piperidine rings is 1. The van der Waals surface area contributed by atoms with Gasteiger partial charge in [-0.25, -0.2) is 14.8 Å². The van der Waals surface area contributed by atoms with Gasteiger partial charge in [0.2, 0.25) is 0 Å². The number of ether oxygens (including phenoxy) is 1. The number of carbonyl (C=O) groups excluding carboxylic acids is 1. The zero-order chi connectivity index (χ0) is 13.8. The van der Waals surface area contributed by atoms with Crippen LogP contribution < -0.4 is 4.90 Å². The molecule has 0 unspecified atom stereocenters. The Morgan fingerprint density at radius 2 is 2.05 bits per heavy atom. The molecule has 0 atom stereocenters. The Morgan fingerprint density at radius 1 is 1.37 bits per heavy atom. The number of hydrogen-bond acceptors (Lipinski definition) is 6. The van der Waals surface area contributed by atoms with E-state index in [-0.39, 0.29) is 11.6 Å². The molecule has 0 radical (unpaired) electrons. The van der Waals surface area contributed by atoms with Crippen LogP contribution in [0.5, 0.6) is 0 Å². The molecule has 7 nitrogen and oxygen atoms in total. The van der Waals surface area contributed by atoms with Gasteiger partial charge in [-0.1, -0.05) is 0 Å². The lowest BCUT2D eigenvalue weighted by atomic mass is 9.97. The molecule has 0 saturated carbocycles. The molecule has 0 bridgehead atoms. The summed E-state index contributed by atoms with van der Waals surface area (Å²) in [4.78, 5) is 32.2. The molecule has 0 aromatic carbocycles. The number of methoxy groups -OCH3 is 1. The van der Waals surface area contributed by atoms with Crippen molar-refractivity contribution in [2.75, 3.05) is 25.1 Å². The Kier molecular flexibility index (Phi) is 3.94. The van der Waals surface area contributed by atoms with Crippen molar-refractivity contribution in [3.05, 3.63) is 18.1 Å². The predicted molar refractivity (Wildman–Crippen MR) is 65.9 cm³/mol. The van der Waals surface area contributed by atoms with Gasteiger partial charge in [-0.05, 0) is 12.8 Å². The normalized spacial score (nSPS) is 16.2. The molecule has 2 rings (SSSR count). The van der Waals surface area contributed by atoms with E-state index in [4.69, 9.17) is 5.11 Å². The van der Waals surface area contributed by atoms with Crippen LogP contribution in [0.4, 0.5) is 5.82 Å². The summed E-state index contributed by atoms with van der Waals surface area (Å²) >= 11 is 0. The molecule has 0 amide bonds. The number of rotatable bonds is 3. The molecule has 19 heavy (non-hydrogen) atoms. The quantitative estimate of drug-likeness (QED) is 0.798. The molecule has 1 aliphatic rings. The zero-order valence-corrected chi connectivity index (χ0v) is 10.6. The van der Waals surface area contributed by atoms with Crippen LogP contribution in [0.25, 0.3) is 0 Å². The topological polar surface area (TPSA) is 92.6 Å². The second-order valence-corrected chi connectivity index (χ2v) is 4.35. The summed E-state index contributed by atoms with van der Waals surface area (Å²) in [5.41, 5.74) is 0.202. The molecule has 1 aliphatic heterocycles. The van der Waals surface area contributed by atoms with Gasteiger partial charge in [0.1, 0.15) is 12.1 Å². The van der Waals surface area contributed by atoms with Gasteiger partial charge >= 0.3 is 11.9 Å². The van der Waals surface area contributed by atoms with Crippen molar-refractivity contribution in [1.82, 2.24) is 9.97 Å². The number of carbonyl (C=O) groups is 2. The highest BCUT2D eigenvalue weighted by Crippen LogP contribution is 2.22. The summed E-state index contributed by atoms with van der Waals surface area (Å²) in [5, 5.41) is 8.94. The summed E-state index contributed by atoms with van der Waals surface area (Å²) in [6.07, 6.45) is 2.46. The van der Waals surface area contributed by atoms with E-state index >= 15 is 0 Å². The van der Waals surface area contributed by atoms with Gasteiger partial charge in [0.15, 0.2) is 5.69 Å². The van der Waals surface area contributed by atoms with Gasteiger partial charge in [-0.15, -0.1) is 0 Å². The first-order valence-electron chi connectivity index (χ1n) is 6.00. The lowest BCUT2D eigenvalue weighted by Crippen LogP contribution is -2.36. The van der Waals surface area contributed by atoms with E-state index in [1.165, 1.54) is 13.4 Å². The fourth-order valence-electron chi connectivity index (χ4n) is 2.09. The molecule has 1 aromatic rings. The Morgan fingerprint density at radius 3 is 2.63 bits per heavy atom. The maximum atomic E-state index is 11.4. The third-order valence-electron chi connectivity index (χ3n) is 3.22. The van der Waals surface area contributed by atoms with Gasteiger partial charge in [-0.2, -0.15) is 0 Å². The second kappa shape index (κ2) is 5.64. The minimum Gasteiger partial charge on any atom is -0.481 e. The fourth-order valence-corrected chi connectivity index (χ4v) is 2.09. The lowest BCUT2D eigenvalue weighted by Gasteiger charge is -2.30. The first-order chi connectivity index (χ1) is 9.11. The molecule has 1 fully saturated rings. The summed E-state index contributed by atoms with van der Waals surface area (Å²) in [6.45, 7) is 1.21. The molecule has 0 aliphatic carbocycles. The smallest absolute Gasteiger partial charge is 0.356 e. The van der Waals surface area contributed by atoms with Crippen LogP contribution in [0.15, 0.2) is 12.4 Å². The number of hydrogen-bond donors (Lipinski definition) is 1. The van der Waals surface area contributed by atoms with Crippen molar-refractivity contribution in [3.8, 4) is 0 Å². The first kappa shape index (κ1) is 13.3. The minimum absolute atomic E-state index is 0.202. The highest BCUT2D eigenvalue weighted by Gasteiger charge is 2.25. The Labute approximate surface area is 110 Å². The number of carboxylic acid groups (broad SMARTS) is 1. The van der Waals surface area contributed by atoms with E-state index in [9.17, 15) is 9.59 Å². The van der Waals surface area contributed by atoms with Gasteiger partial charge in [0, 0.05) is 19.2 Å². The maximum absolute atomic E-state index is 11.4. The van der Waals surface area contributed by atoms with E-state index < -0.39 is 11.9 Å². The number of aromatic nitrogens is 2. The number of esters is 1. The molecule has 2 heterocycles. The molecule has 0 spiro atoms. The fraction of sp³-hybridized carbons (Fsp3) is 0.500. The van der Waals surface area contributed by atoms with Gasteiger partial charge in [0.25, 0.3) is 0 Å². The van der Waals surface area contributed by atoms with E-state index in [1.807, 2.05) is 4.90 Å². The van der Waals surface area contributed by atoms with Crippen molar-refractivity contribution in [3.63, 3.8) is 0 Å². The molecular weight excluding hydrogens is 250 g/mol. The molecular formula is C12H15N3O4. The van der Waals surface area contributed by atoms with E-state index in [0.717, 1.165) is 0 Å². The highest BCUT2D eigenvalue weighted by atomic mass is 16.5. The zero-order valence-electron chi connectivity index (χ0n) is 10.6. The molecule has 7 heteroatoms. The van der Waals surface area contributed by atoms with Crippen LogP contribution in [0.1, 0.15) is 23.3 Å². The predicted octanol–water partition coefficient (Wildman–Crippen LogP) is 0.564. The summed E-state index contributed by atoms with van der Waals surface area (Å²) in [5.74, 6) is -0.931. The highest BCUT2D eigenvalue weighted by molar-refractivity contribution is 5.87. The average Bonchev–Trinajstić information content (AvgIpc) is 2.46. The number of nitrogens with zero attached hydrogens (tertiary/aromatic N) is 3. The summed E-state index contributed by atoms with van der Waals surface area (Å²) in [7, 11) is 1.29. The van der Waals surface area contributed by atoms with Gasteiger partial charge in [-0.3, -0.25) is 4.79 Å². The van der Waals surface area contributed by atoms with Crippen molar-refractivity contribution in [2.24, 2.45) is 5.92 Å². The Hall–Kier alpha value is -2.18. The number of carboxylic acids is 1. The van der Waals surface area contributed by atoms with Crippen molar-refractivity contribution in [2.45, 2.75) is 12.8 Å². The molecule has 1 aromatic heterocycles. The van der Waals surface area contributed by atoms with Crippen LogP contribution in [-0.2, 0) is 9.53 Å². The van der Waals surface area contributed by atoms with Crippen LogP contribution in [0, 0.1) is 5.92 Å². The largest absolute Gasteiger partial charge is 0.481 e. The Balaban J connectivity index is 2.07. The molecule has 102 valence electrons. The SMILES string of the molecule is COC(=O)c1cc(N2CCC(C(=O)O)CC2)ncn1. The maximum Gasteiger partial charge on any atom is 0.356 e. The average molecular weight is 265 g/mol. The Bertz CT molecular complexity index is 484. The summed E-state index contributed by atoms with van der Waals surface area (Å²) < 4.78 is 4.60. The van der Waals surface area contributed by atoms with Crippen LogP contribution in [0.3, 0.4) is 0 Å². The molecule has 1 saturated heterocycles. The van der Waals surface area contributed by atoms with Crippen molar-refractivity contribution >= 4 is 17.8 Å². The van der Waals surface area contributed by atoms with Crippen LogP contribution in [-0.4, -0.2) is 47.2 Å². The van der Waals surface area contributed by atoms with Gasteiger partial charge < -0.3 is 14.7 Å². The second-order valence-electron chi connectivity index (χ2n) is 4.35.